The summed E-state index contributed by atoms with van der Waals surface area (Å²) in [5, 5.41) is 8.00. The molecule has 0 bridgehead atoms. The number of hydrogen-bond acceptors (Lipinski definition) is 6. The number of benzene rings is 1. The molecule has 2 aromatic heterocycles. The van der Waals surface area contributed by atoms with E-state index in [1.807, 2.05) is 20.8 Å². The first-order valence-corrected chi connectivity index (χ1v) is 10.2. The number of halogens is 2. The van der Waals surface area contributed by atoms with Gasteiger partial charge in [-0.2, -0.15) is 0 Å². The molecule has 0 aliphatic heterocycles. The molecule has 156 valence electrons. The molecule has 0 radical (unpaired) electrons. The van der Waals surface area contributed by atoms with Gasteiger partial charge in [0.25, 0.3) is 5.91 Å². The van der Waals surface area contributed by atoms with Gasteiger partial charge >= 0.3 is 0 Å². The van der Waals surface area contributed by atoms with E-state index >= 15 is 0 Å². The van der Waals surface area contributed by atoms with Crippen molar-refractivity contribution in [3.05, 3.63) is 70.2 Å². The number of aromatic nitrogens is 3. The molecule has 0 aliphatic carbocycles. The minimum absolute atomic E-state index is 0.0462. The summed E-state index contributed by atoms with van der Waals surface area (Å²) in [6, 6.07) is 7.69. The highest BCUT2D eigenvalue weighted by Gasteiger charge is 2.36. The Labute approximate surface area is 182 Å². The van der Waals surface area contributed by atoms with Crippen molar-refractivity contribution < 1.29 is 14.0 Å². The van der Waals surface area contributed by atoms with Crippen LogP contribution < -0.4 is 10.2 Å². The minimum Gasteiger partial charge on any atom is -0.349 e. The fraction of sp³-hybridized carbons (Fsp3) is 0.250. The zero-order valence-corrected chi connectivity index (χ0v) is 18.0. The number of anilines is 1. The van der Waals surface area contributed by atoms with Crippen LogP contribution in [0.15, 0.2) is 48.0 Å². The first kappa shape index (κ1) is 21.8. The molecule has 3 aromatic rings. The highest BCUT2D eigenvalue weighted by molar-refractivity contribution is 7.03. The number of carbonyl (C=O) groups is 2. The molecule has 0 spiro atoms. The Bertz CT molecular complexity index is 1040. The summed E-state index contributed by atoms with van der Waals surface area (Å²) in [5.41, 5.74) is 0.0295. The van der Waals surface area contributed by atoms with Crippen LogP contribution in [0, 0.1) is 5.82 Å². The highest BCUT2D eigenvalue weighted by Crippen LogP contribution is 2.31. The summed E-state index contributed by atoms with van der Waals surface area (Å²) >= 11 is 6.97. The van der Waals surface area contributed by atoms with Crippen LogP contribution in [-0.4, -0.2) is 31.9 Å². The number of rotatable bonds is 5. The molecule has 7 nitrogen and oxygen atoms in total. The summed E-state index contributed by atoms with van der Waals surface area (Å²) in [5.74, 6) is -1.69. The van der Waals surface area contributed by atoms with Crippen LogP contribution in [-0.2, 0) is 4.79 Å². The van der Waals surface area contributed by atoms with Crippen molar-refractivity contribution in [2.75, 3.05) is 4.90 Å². The van der Waals surface area contributed by atoms with Gasteiger partial charge in [-0.15, -0.1) is 5.10 Å². The van der Waals surface area contributed by atoms with E-state index in [0.29, 0.717) is 5.69 Å². The third-order valence-corrected chi connectivity index (χ3v) is 4.75. The maximum Gasteiger partial charge on any atom is 0.280 e. The molecule has 0 aliphatic rings. The summed E-state index contributed by atoms with van der Waals surface area (Å²) in [4.78, 5) is 32.2. The van der Waals surface area contributed by atoms with Gasteiger partial charge in [-0.05, 0) is 62.6 Å². The molecule has 30 heavy (non-hydrogen) atoms. The van der Waals surface area contributed by atoms with Gasteiger partial charge in [0, 0.05) is 22.8 Å². The van der Waals surface area contributed by atoms with Crippen LogP contribution in [0.25, 0.3) is 0 Å². The minimum atomic E-state index is -1.15. The van der Waals surface area contributed by atoms with Gasteiger partial charge in [0.15, 0.2) is 11.7 Å². The SMILES string of the molecule is CC(C)(C)NC(=O)[C@@H](c1ccccn1)N(C(=O)c1csnn1)c1ccc(F)c(Cl)c1. The molecule has 0 saturated carbocycles. The lowest BCUT2D eigenvalue weighted by atomic mass is 10.0. The number of hydrogen-bond donors (Lipinski definition) is 1. The van der Waals surface area contributed by atoms with Gasteiger partial charge in [0.05, 0.1) is 10.7 Å². The Kier molecular flexibility index (Phi) is 6.42. The number of pyridine rings is 1. The van der Waals surface area contributed by atoms with Crippen LogP contribution in [0.4, 0.5) is 10.1 Å². The molecule has 2 heterocycles. The summed E-state index contributed by atoms with van der Waals surface area (Å²) in [6.07, 6.45) is 1.53. The normalized spacial score (nSPS) is 12.3. The van der Waals surface area contributed by atoms with Crippen molar-refractivity contribution in [1.82, 2.24) is 19.9 Å². The van der Waals surface area contributed by atoms with Crippen molar-refractivity contribution in [3.63, 3.8) is 0 Å². The summed E-state index contributed by atoms with van der Waals surface area (Å²) in [7, 11) is 0. The second-order valence-electron chi connectivity index (χ2n) is 7.46. The van der Waals surface area contributed by atoms with Gasteiger partial charge < -0.3 is 5.32 Å². The molecule has 1 N–H and O–H groups in total. The third kappa shape index (κ3) is 4.98. The van der Waals surface area contributed by atoms with E-state index in [0.717, 1.165) is 17.6 Å². The maximum atomic E-state index is 13.8. The molecule has 10 heteroatoms. The molecule has 2 amide bonds. The monoisotopic (exact) mass is 447 g/mol. The lowest BCUT2D eigenvalue weighted by Crippen LogP contribution is -2.49. The first-order valence-electron chi connectivity index (χ1n) is 8.96. The average Bonchev–Trinajstić information content (AvgIpc) is 3.22. The molecular formula is C20H19ClFN5O2S. The van der Waals surface area contributed by atoms with E-state index in [1.54, 1.807) is 18.2 Å². The van der Waals surface area contributed by atoms with Crippen molar-refractivity contribution in [2.45, 2.75) is 32.4 Å². The van der Waals surface area contributed by atoms with E-state index in [4.69, 9.17) is 11.6 Å². The lowest BCUT2D eigenvalue weighted by Gasteiger charge is -2.32. The van der Waals surface area contributed by atoms with Crippen molar-refractivity contribution >= 4 is 40.6 Å². The Morgan fingerprint density at radius 2 is 2.00 bits per heavy atom. The smallest absolute Gasteiger partial charge is 0.280 e. The highest BCUT2D eigenvalue weighted by atomic mass is 35.5. The predicted octanol–water partition coefficient (Wildman–Crippen LogP) is 4.03. The number of nitrogens with one attached hydrogen (secondary N) is 1. The number of nitrogens with zero attached hydrogens (tertiary/aromatic N) is 4. The fourth-order valence-electron chi connectivity index (χ4n) is 2.76. The van der Waals surface area contributed by atoms with Gasteiger partial charge in [-0.25, -0.2) is 4.39 Å². The second kappa shape index (κ2) is 8.85. The van der Waals surface area contributed by atoms with E-state index in [2.05, 4.69) is 19.9 Å². The van der Waals surface area contributed by atoms with Gasteiger partial charge in [0.1, 0.15) is 5.82 Å². The average molecular weight is 448 g/mol. The largest absolute Gasteiger partial charge is 0.349 e. The number of amides is 2. The van der Waals surface area contributed by atoms with Crippen LogP contribution >= 0.6 is 23.1 Å². The van der Waals surface area contributed by atoms with Gasteiger partial charge in [-0.1, -0.05) is 22.2 Å². The Balaban J connectivity index is 2.18. The third-order valence-electron chi connectivity index (χ3n) is 3.95. The zero-order valence-electron chi connectivity index (χ0n) is 16.5. The van der Waals surface area contributed by atoms with Crippen molar-refractivity contribution in [1.29, 1.82) is 0 Å². The Morgan fingerprint density at radius 1 is 1.23 bits per heavy atom. The van der Waals surface area contributed by atoms with Crippen molar-refractivity contribution in [3.8, 4) is 0 Å². The van der Waals surface area contributed by atoms with E-state index in [9.17, 15) is 14.0 Å². The molecule has 1 atom stereocenters. The summed E-state index contributed by atoms with van der Waals surface area (Å²) in [6.45, 7) is 5.48. The molecule has 0 unspecified atom stereocenters. The van der Waals surface area contributed by atoms with Crippen LogP contribution in [0.1, 0.15) is 43.0 Å². The lowest BCUT2D eigenvalue weighted by molar-refractivity contribution is -0.124. The quantitative estimate of drug-likeness (QED) is 0.638. The van der Waals surface area contributed by atoms with Crippen molar-refractivity contribution in [2.24, 2.45) is 0 Å². The second-order valence-corrected chi connectivity index (χ2v) is 8.48. The molecule has 0 fully saturated rings. The van der Waals surface area contributed by atoms with E-state index in [1.165, 1.54) is 28.6 Å². The standard InChI is InChI=1S/C20H19ClFN5O2S/c1-20(2,3)24-18(28)17(15-6-4-5-9-23-15)27(19(29)16-11-30-26-25-16)12-7-8-14(22)13(21)10-12/h4-11,17H,1-3H3,(H,24,28)/t17-/m1/s1. The summed E-state index contributed by atoms with van der Waals surface area (Å²) < 4.78 is 17.5. The molecule has 3 rings (SSSR count). The van der Waals surface area contributed by atoms with Crippen LogP contribution in [0.3, 0.4) is 0 Å². The van der Waals surface area contributed by atoms with E-state index < -0.39 is 29.2 Å². The molecule has 1 aromatic carbocycles. The van der Waals surface area contributed by atoms with Gasteiger partial charge in [0.2, 0.25) is 5.91 Å². The zero-order chi connectivity index (χ0) is 21.9. The maximum absolute atomic E-state index is 13.8. The molecule has 0 saturated heterocycles. The van der Waals surface area contributed by atoms with Crippen LogP contribution in [0.5, 0.6) is 0 Å². The van der Waals surface area contributed by atoms with E-state index in [-0.39, 0.29) is 16.4 Å². The Morgan fingerprint density at radius 3 is 2.57 bits per heavy atom. The van der Waals surface area contributed by atoms with Gasteiger partial charge in [-0.3, -0.25) is 19.5 Å². The fourth-order valence-corrected chi connectivity index (χ4v) is 3.36. The Hall–Kier alpha value is -2.91. The topological polar surface area (TPSA) is 88.1 Å². The predicted molar refractivity (Wildman–Crippen MR) is 113 cm³/mol. The molecular weight excluding hydrogens is 429 g/mol. The number of carbonyl (C=O) groups excluding carboxylic acids is 2. The first-order chi connectivity index (χ1) is 14.2. The van der Waals surface area contributed by atoms with Crippen LogP contribution in [0.2, 0.25) is 5.02 Å².